The Kier molecular flexibility index (Phi) is 2.75. The van der Waals surface area contributed by atoms with Crippen LogP contribution in [0, 0.1) is 5.92 Å². The fourth-order valence-corrected chi connectivity index (χ4v) is 3.43. The van der Waals surface area contributed by atoms with Gasteiger partial charge in [0.15, 0.2) is 5.78 Å². The monoisotopic (exact) mass is 229 g/mol. The van der Waals surface area contributed by atoms with Crippen LogP contribution in [0.3, 0.4) is 0 Å². The number of ketones is 1. The summed E-state index contributed by atoms with van der Waals surface area (Å²) in [5.41, 5.74) is 1.39. The molecule has 3 aliphatic heterocycles. The van der Waals surface area contributed by atoms with Gasteiger partial charge in [-0.05, 0) is 38.3 Å². The number of nitrogens with zero attached hydrogens (tertiary/aromatic N) is 1. The van der Waals surface area contributed by atoms with Crippen LogP contribution in [0.25, 0.3) is 0 Å². The topological polar surface area (TPSA) is 20.3 Å². The Morgan fingerprint density at radius 2 is 2.06 bits per heavy atom. The van der Waals surface area contributed by atoms with E-state index in [2.05, 4.69) is 42.2 Å². The number of Topliss-reactive ketones (excluding diaryl/α,β-unsaturated/α-hetero) is 1. The first-order valence-corrected chi connectivity index (χ1v) is 6.59. The predicted octanol–water partition coefficient (Wildman–Crippen LogP) is 2.28. The molecule has 3 saturated heterocycles. The zero-order chi connectivity index (χ0) is 11.8. The van der Waals surface area contributed by atoms with Crippen molar-refractivity contribution in [2.75, 3.05) is 6.54 Å². The van der Waals surface area contributed by atoms with Crippen LogP contribution < -0.4 is 0 Å². The van der Waals surface area contributed by atoms with Crippen molar-refractivity contribution < 1.29 is 4.79 Å². The molecule has 2 heteroatoms. The molecule has 1 aromatic rings. The van der Waals surface area contributed by atoms with Crippen LogP contribution in [-0.2, 0) is 11.2 Å². The van der Waals surface area contributed by atoms with E-state index in [1.165, 1.54) is 5.56 Å². The summed E-state index contributed by atoms with van der Waals surface area (Å²) in [5, 5.41) is 0. The fraction of sp³-hybridized carbons (Fsp3) is 0.533. The average Bonchev–Trinajstić information content (AvgIpc) is 2.36. The second-order valence-electron chi connectivity index (χ2n) is 5.38. The van der Waals surface area contributed by atoms with E-state index in [4.69, 9.17) is 0 Å². The highest BCUT2D eigenvalue weighted by atomic mass is 16.1. The molecular formula is C15H19NO. The average molecular weight is 229 g/mol. The van der Waals surface area contributed by atoms with Gasteiger partial charge in [-0.2, -0.15) is 0 Å². The van der Waals surface area contributed by atoms with E-state index in [-0.39, 0.29) is 6.04 Å². The Labute approximate surface area is 103 Å². The lowest BCUT2D eigenvalue weighted by Crippen LogP contribution is -2.59. The molecule has 4 atom stereocenters. The van der Waals surface area contributed by atoms with E-state index in [1.807, 2.05) is 0 Å². The molecule has 17 heavy (non-hydrogen) atoms. The summed E-state index contributed by atoms with van der Waals surface area (Å²) < 4.78 is 0. The van der Waals surface area contributed by atoms with E-state index in [9.17, 15) is 4.79 Å². The highest BCUT2D eigenvalue weighted by Gasteiger charge is 2.43. The van der Waals surface area contributed by atoms with Crippen LogP contribution in [-0.4, -0.2) is 29.3 Å². The minimum absolute atomic E-state index is 0.149. The molecule has 3 heterocycles. The summed E-state index contributed by atoms with van der Waals surface area (Å²) in [7, 11) is 0. The second-order valence-corrected chi connectivity index (χ2v) is 5.38. The van der Waals surface area contributed by atoms with E-state index in [0.29, 0.717) is 17.7 Å². The number of benzene rings is 1. The summed E-state index contributed by atoms with van der Waals surface area (Å²) >= 11 is 0. The maximum Gasteiger partial charge on any atom is 0.152 e. The van der Waals surface area contributed by atoms with Gasteiger partial charge in [0.25, 0.3) is 0 Å². The summed E-state index contributed by atoms with van der Waals surface area (Å²) in [6, 6.07) is 11.4. The van der Waals surface area contributed by atoms with E-state index in [0.717, 1.165) is 25.8 Å². The van der Waals surface area contributed by atoms with Crippen molar-refractivity contribution in [2.45, 2.75) is 38.3 Å². The van der Waals surface area contributed by atoms with Crippen molar-refractivity contribution in [1.82, 2.24) is 4.90 Å². The molecule has 0 amide bonds. The molecule has 2 nitrogen and oxygen atoms in total. The Morgan fingerprint density at radius 3 is 2.76 bits per heavy atom. The SMILES string of the molecule is CC1C(=O)C2CCN1C(Cc1ccccc1)C2. The fourth-order valence-electron chi connectivity index (χ4n) is 3.43. The zero-order valence-electron chi connectivity index (χ0n) is 10.3. The molecule has 0 spiro atoms. The lowest BCUT2D eigenvalue weighted by Gasteiger charge is -2.48. The van der Waals surface area contributed by atoms with Gasteiger partial charge < -0.3 is 0 Å². The van der Waals surface area contributed by atoms with Crippen LogP contribution >= 0.6 is 0 Å². The van der Waals surface area contributed by atoms with Crippen molar-refractivity contribution in [3.8, 4) is 0 Å². The molecule has 3 fully saturated rings. The summed E-state index contributed by atoms with van der Waals surface area (Å²) in [6.45, 7) is 3.18. The molecule has 0 aromatic heterocycles. The van der Waals surface area contributed by atoms with Gasteiger partial charge in [0.2, 0.25) is 0 Å². The number of hydrogen-bond acceptors (Lipinski definition) is 2. The standard InChI is InChI=1S/C15H19NO/c1-11-15(17)13-7-8-16(11)14(10-13)9-12-5-3-2-4-6-12/h2-6,11,13-14H,7-10H2,1H3. The van der Waals surface area contributed by atoms with Gasteiger partial charge in [0, 0.05) is 12.0 Å². The van der Waals surface area contributed by atoms with Crippen molar-refractivity contribution in [3.63, 3.8) is 0 Å². The Bertz CT molecular complexity index is 410. The van der Waals surface area contributed by atoms with Gasteiger partial charge in [0.05, 0.1) is 6.04 Å². The highest BCUT2D eigenvalue weighted by Crippen LogP contribution is 2.34. The lowest BCUT2D eigenvalue weighted by atomic mass is 9.77. The van der Waals surface area contributed by atoms with Crippen LogP contribution in [0.5, 0.6) is 0 Å². The second kappa shape index (κ2) is 4.26. The minimum atomic E-state index is 0.149. The molecule has 0 radical (unpaired) electrons. The van der Waals surface area contributed by atoms with Gasteiger partial charge >= 0.3 is 0 Å². The summed E-state index contributed by atoms with van der Waals surface area (Å²) in [4.78, 5) is 14.4. The first kappa shape index (κ1) is 11.0. The quantitative estimate of drug-likeness (QED) is 0.775. The van der Waals surface area contributed by atoms with Crippen molar-refractivity contribution in [2.24, 2.45) is 5.92 Å². The maximum absolute atomic E-state index is 11.9. The molecule has 0 saturated carbocycles. The molecule has 4 unspecified atom stereocenters. The maximum atomic E-state index is 11.9. The van der Waals surface area contributed by atoms with Crippen molar-refractivity contribution >= 4 is 5.78 Å². The van der Waals surface area contributed by atoms with Crippen molar-refractivity contribution in [3.05, 3.63) is 35.9 Å². The van der Waals surface area contributed by atoms with Crippen molar-refractivity contribution in [1.29, 1.82) is 0 Å². The first-order valence-electron chi connectivity index (χ1n) is 6.59. The molecule has 90 valence electrons. The Balaban J connectivity index is 1.76. The molecule has 0 aliphatic carbocycles. The Hall–Kier alpha value is -1.15. The smallest absolute Gasteiger partial charge is 0.152 e. The van der Waals surface area contributed by atoms with Gasteiger partial charge in [-0.3, -0.25) is 9.69 Å². The third kappa shape index (κ3) is 1.91. The molecule has 1 aromatic carbocycles. The summed E-state index contributed by atoms with van der Waals surface area (Å²) in [6.07, 6.45) is 3.24. The number of carbonyl (C=O) groups is 1. The van der Waals surface area contributed by atoms with Gasteiger partial charge in [-0.25, -0.2) is 0 Å². The molecule has 0 N–H and O–H groups in total. The normalized spacial score (nSPS) is 36.2. The number of carbonyl (C=O) groups excluding carboxylic acids is 1. The van der Waals surface area contributed by atoms with Gasteiger partial charge in [-0.1, -0.05) is 30.3 Å². The van der Waals surface area contributed by atoms with Crippen LogP contribution in [0.1, 0.15) is 25.3 Å². The third-order valence-corrected chi connectivity index (χ3v) is 4.39. The predicted molar refractivity (Wildman–Crippen MR) is 67.8 cm³/mol. The minimum Gasteiger partial charge on any atom is -0.298 e. The third-order valence-electron chi connectivity index (χ3n) is 4.39. The number of rotatable bonds is 2. The van der Waals surface area contributed by atoms with E-state index >= 15 is 0 Å². The molecular weight excluding hydrogens is 210 g/mol. The van der Waals surface area contributed by atoms with Crippen LogP contribution in [0.4, 0.5) is 0 Å². The number of hydrogen-bond donors (Lipinski definition) is 0. The molecule has 4 rings (SSSR count). The van der Waals surface area contributed by atoms with E-state index < -0.39 is 0 Å². The lowest BCUT2D eigenvalue weighted by molar-refractivity contribution is -0.139. The van der Waals surface area contributed by atoms with Crippen LogP contribution in [0.15, 0.2) is 30.3 Å². The molecule has 3 aliphatic rings. The van der Waals surface area contributed by atoms with Gasteiger partial charge in [-0.15, -0.1) is 0 Å². The molecule has 2 bridgehead atoms. The highest BCUT2D eigenvalue weighted by molar-refractivity contribution is 5.87. The zero-order valence-corrected chi connectivity index (χ0v) is 10.3. The first-order chi connectivity index (χ1) is 8.25. The number of fused-ring (bicyclic) bond motifs is 3. The largest absolute Gasteiger partial charge is 0.298 e. The number of piperidine rings is 3. The van der Waals surface area contributed by atoms with E-state index in [1.54, 1.807) is 0 Å². The van der Waals surface area contributed by atoms with Crippen LogP contribution in [0.2, 0.25) is 0 Å². The Morgan fingerprint density at radius 1 is 1.29 bits per heavy atom. The summed E-state index contributed by atoms with van der Waals surface area (Å²) in [5.74, 6) is 0.810. The van der Waals surface area contributed by atoms with Gasteiger partial charge in [0.1, 0.15) is 0 Å².